The van der Waals surface area contributed by atoms with Gasteiger partial charge in [-0.05, 0) is 32.9 Å². The summed E-state index contributed by atoms with van der Waals surface area (Å²) in [7, 11) is 1.55. The number of halogens is 1. The van der Waals surface area contributed by atoms with Crippen LogP contribution in [-0.2, 0) is 15.1 Å². The molecular formula is C15H16ClN3O2. The molecule has 0 spiro atoms. The van der Waals surface area contributed by atoms with Crippen molar-refractivity contribution >= 4 is 34.0 Å². The maximum absolute atomic E-state index is 12.6. The van der Waals surface area contributed by atoms with Gasteiger partial charge in [-0.1, -0.05) is 11.6 Å². The second-order valence-corrected chi connectivity index (χ2v) is 5.64. The standard InChI is InChI=1S/C15H16ClN3O2/c1-5-19-12-7-10-9(8(2)17-18-13(10)16)6-11(12)15(3,21-4)14(19)20/h6-7H,5H2,1-4H3. The molecule has 1 aliphatic rings. The molecule has 110 valence electrons. The van der Waals surface area contributed by atoms with E-state index in [1.807, 2.05) is 26.0 Å². The van der Waals surface area contributed by atoms with Crippen LogP contribution in [0.15, 0.2) is 12.1 Å². The number of anilines is 1. The van der Waals surface area contributed by atoms with Crippen LogP contribution in [0.4, 0.5) is 5.69 Å². The number of aromatic nitrogens is 2. The fourth-order valence-electron chi connectivity index (χ4n) is 2.88. The van der Waals surface area contributed by atoms with E-state index in [1.54, 1.807) is 18.9 Å². The maximum Gasteiger partial charge on any atom is 0.263 e. The third-order valence-electron chi connectivity index (χ3n) is 4.22. The maximum atomic E-state index is 12.6. The number of nitrogens with zero attached hydrogens (tertiary/aromatic N) is 3. The summed E-state index contributed by atoms with van der Waals surface area (Å²) in [5.41, 5.74) is 1.48. The van der Waals surface area contributed by atoms with Crippen molar-refractivity contribution in [1.29, 1.82) is 0 Å². The highest BCUT2D eigenvalue weighted by Crippen LogP contribution is 2.45. The molecule has 0 saturated carbocycles. The van der Waals surface area contributed by atoms with Crippen molar-refractivity contribution in [2.24, 2.45) is 0 Å². The number of fused-ring (bicyclic) bond motifs is 2. The van der Waals surface area contributed by atoms with E-state index in [1.165, 1.54) is 0 Å². The van der Waals surface area contributed by atoms with Crippen LogP contribution in [0.1, 0.15) is 25.1 Å². The molecule has 3 rings (SSSR count). The van der Waals surface area contributed by atoms with Crippen molar-refractivity contribution in [1.82, 2.24) is 10.2 Å². The molecule has 1 atom stereocenters. The Morgan fingerprint density at radius 1 is 1.33 bits per heavy atom. The van der Waals surface area contributed by atoms with Gasteiger partial charge in [0.1, 0.15) is 0 Å². The van der Waals surface area contributed by atoms with Gasteiger partial charge in [0, 0.05) is 30.0 Å². The van der Waals surface area contributed by atoms with Gasteiger partial charge < -0.3 is 9.64 Å². The Balaban J connectivity index is 2.40. The lowest BCUT2D eigenvalue weighted by atomic mass is 9.95. The molecule has 0 bridgehead atoms. The van der Waals surface area contributed by atoms with E-state index in [0.717, 1.165) is 27.7 Å². The molecular weight excluding hydrogens is 290 g/mol. The zero-order valence-corrected chi connectivity index (χ0v) is 13.2. The summed E-state index contributed by atoms with van der Waals surface area (Å²) >= 11 is 6.15. The number of ether oxygens (including phenoxy) is 1. The number of benzene rings is 1. The lowest BCUT2D eigenvalue weighted by Crippen LogP contribution is -2.39. The van der Waals surface area contributed by atoms with E-state index < -0.39 is 5.60 Å². The van der Waals surface area contributed by atoms with Gasteiger partial charge >= 0.3 is 0 Å². The lowest BCUT2D eigenvalue weighted by Gasteiger charge is -2.22. The number of likely N-dealkylation sites (N-methyl/N-ethyl adjacent to an activating group) is 1. The number of hydrogen-bond donors (Lipinski definition) is 0. The van der Waals surface area contributed by atoms with Crippen molar-refractivity contribution in [3.63, 3.8) is 0 Å². The highest BCUT2D eigenvalue weighted by atomic mass is 35.5. The summed E-state index contributed by atoms with van der Waals surface area (Å²) in [4.78, 5) is 14.3. The number of hydrogen-bond acceptors (Lipinski definition) is 4. The molecule has 6 heteroatoms. The van der Waals surface area contributed by atoms with Gasteiger partial charge in [0.25, 0.3) is 5.91 Å². The number of aryl methyl sites for hydroxylation is 1. The number of carbonyl (C=O) groups is 1. The minimum absolute atomic E-state index is 0.0625. The van der Waals surface area contributed by atoms with Crippen molar-refractivity contribution in [3.05, 3.63) is 28.5 Å². The van der Waals surface area contributed by atoms with Crippen LogP contribution >= 0.6 is 11.6 Å². The highest BCUT2D eigenvalue weighted by Gasteiger charge is 2.47. The number of carbonyl (C=O) groups excluding carboxylic acids is 1. The fraction of sp³-hybridized carbons (Fsp3) is 0.400. The fourth-order valence-corrected chi connectivity index (χ4v) is 3.08. The lowest BCUT2D eigenvalue weighted by molar-refractivity contribution is -0.137. The van der Waals surface area contributed by atoms with E-state index in [4.69, 9.17) is 16.3 Å². The summed E-state index contributed by atoms with van der Waals surface area (Å²) in [5.74, 6) is -0.0625. The second kappa shape index (κ2) is 4.64. The molecule has 1 unspecified atom stereocenters. The monoisotopic (exact) mass is 305 g/mol. The number of rotatable bonds is 2. The van der Waals surface area contributed by atoms with Crippen LogP contribution in [0.25, 0.3) is 10.8 Å². The van der Waals surface area contributed by atoms with Crippen molar-refractivity contribution in [3.8, 4) is 0 Å². The van der Waals surface area contributed by atoms with Crippen molar-refractivity contribution in [2.75, 3.05) is 18.6 Å². The van der Waals surface area contributed by atoms with Gasteiger partial charge in [0.15, 0.2) is 10.8 Å². The van der Waals surface area contributed by atoms with E-state index >= 15 is 0 Å². The zero-order chi connectivity index (χ0) is 15.4. The highest BCUT2D eigenvalue weighted by molar-refractivity contribution is 6.34. The Bertz CT molecular complexity index is 762. The predicted octanol–water partition coefficient (Wildman–Crippen LogP) is 2.82. The Hall–Kier alpha value is -1.72. The van der Waals surface area contributed by atoms with Gasteiger partial charge in [-0.3, -0.25) is 4.79 Å². The first-order valence-corrected chi connectivity index (χ1v) is 7.16. The molecule has 0 N–H and O–H groups in total. The molecule has 2 heterocycles. The molecule has 1 aliphatic heterocycles. The normalized spacial score (nSPS) is 21.2. The summed E-state index contributed by atoms with van der Waals surface area (Å²) in [6, 6.07) is 3.85. The molecule has 21 heavy (non-hydrogen) atoms. The third-order valence-corrected chi connectivity index (χ3v) is 4.50. The Labute approximate surface area is 127 Å². The van der Waals surface area contributed by atoms with Gasteiger partial charge in [0.05, 0.1) is 11.4 Å². The van der Waals surface area contributed by atoms with E-state index in [2.05, 4.69) is 10.2 Å². The average molecular weight is 306 g/mol. The van der Waals surface area contributed by atoms with Crippen LogP contribution in [-0.4, -0.2) is 29.8 Å². The molecule has 2 aromatic rings. The molecule has 1 aromatic heterocycles. The van der Waals surface area contributed by atoms with E-state index in [-0.39, 0.29) is 5.91 Å². The second-order valence-electron chi connectivity index (χ2n) is 5.28. The summed E-state index contributed by atoms with van der Waals surface area (Å²) < 4.78 is 5.53. The van der Waals surface area contributed by atoms with Crippen LogP contribution in [0.3, 0.4) is 0 Å². The molecule has 0 aliphatic carbocycles. The van der Waals surface area contributed by atoms with Crippen LogP contribution < -0.4 is 4.90 Å². The van der Waals surface area contributed by atoms with Crippen molar-refractivity contribution < 1.29 is 9.53 Å². The quantitative estimate of drug-likeness (QED) is 0.856. The molecule has 0 saturated heterocycles. The Kier molecular flexibility index (Phi) is 3.15. The first kappa shape index (κ1) is 14.2. The SMILES string of the molecule is CCN1C(=O)C(C)(OC)c2cc3c(C)nnc(Cl)c3cc21. The molecule has 0 radical (unpaired) electrons. The smallest absolute Gasteiger partial charge is 0.263 e. The Morgan fingerprint density at radius 2 is 2.05 bits per heavy atom. The largest absolute Gasteiger partial charge is 0.364 e. The van der Waals surface area contributed by atoms with Gasteiger partial charge in [-0.25, -0.2) is 0 Å². The number of amides is 1. The topological polar surface area (TPSA) is 55.3 Å². The van der Waals surface area contributed by atoms with Crippen LogP contribution in [0.2, 0.25) is 5.15 Å². The van der Waals surface area contributed by atoms with Crippen LogP contribution in [0.5, 0.6) is 0 Å². The average Bonchev–Trinajstić information content (AvgIpc) is 2.70. The first-order chi connectivity index (χ1) is 9.93. The van der Waals surface area contributed by atoms with Gasteiger partial charge in [-0.2, -0.15) is 5.10 Å². The summed E-state index contributed by atoms with van der Waals surface area (Å²) in [6.45, 7) is 6.17. The molecule has 1 aromatic carbocycles. The third kappa shape index (κ3) is 1.77. The van der Waals surface area contributed by atoms with Crippen LogP contribution in [0, 0.1) is 6.92 Å². The minimum Gasteiger partial charge on any atom is -0.364 e. The molecule has 0 fully saturated rings. The first-order valence-electron chi connectivity index (χ1n) is 6.78. The van der Waals surface area contributed by atoms with E-state index in [9.17, 15) is 4.79 Å². The Morgan fingerprint density at radius 3 is 2.67 bits per heavy atom. The van der Waals surface area contributed by atoms with Gasteiger partial charge in [-0.15, -0.1) is 5.10 Å². The van der Waals surface area contributed by atoms with E-state index in [0.29, 0.717) is 11.7 Å². The summed E-state index contributed by atoms with van der Waals surface area (Å²) in [6.07, 6.45) is 0. The zero-order valence-electron chi connectivity index (χ0n) is 12.4. The van der Waals surface area contributed by atoms with Crippen molar-refractivity contribution in [2.45, 2.75) is 26.4 Å². The number of methoxy groups -OCH3 is 1. The minimum atomic E-state index is -0.971. The predicted molar refractivity (Wildman–Crippen MR) is 81.7 cm³/mol. The molecule has 1 amide bonds. The van der Waals surface area contributed by atoms with Gasteiger partial charge in [0.2, 0.25) is 0 Å². The summed E-state index contributed by atoms with van der Waals surface area (Å²) in [5, 5.41) is 10.0. The molecule has 5 nitrogen and oxygen atoms in total.